The Hall–Kier alpha value is -1.65. The summed E-state index contributed by atoms with van der Waals surface area (Å²) in [7, 11) is 0. The van der Waals surface area contributed by atoms with Crippen LogP contribution in [0.5, 0.6) is 0 Å². The number of oxazole rings is 1. The standard InChI is InChI=1S/C8H10N2O3/c1-5-8(13-4-9-5)10(6(2)11)7(3)12/h4H,1-3H3. The third-order valence-electron chi connectivity index (χ3n) is 1.55. The average Bonchev–Trinajstić information content (AvgIpc) is 2.35. The highest BCUT2D eigenvalue weighted by Crippen LogP contribution is 2.18. The van der Waals surface area contributed by atoms with Crippen LogP contribution in [-0.4, -0.2) is 16.8 Å². The highest BCUT2D eigenvalue weighted by atomic mass is 16.4. The van der Waals surface area contributed by atoms with Crippen molar-refractivity contribution in [2.45, 2.75) is 20.8 Å². The molecule has 2 amide bonds. The number of carbonyl (C=O) groups is 2. The molecule has 0 aliphatic carbocycles. The summed E-state index contributed by atoms with van der Waals surface area (Å²) < 4.78 is 4.92. The molecule has 0 bridgehead atoms. The molecule has 1 heterocycles. The Kier molecular flexibility index (Phi) is 2.46. The van der Waals surface area contributed by atoms with Crippen LogP contribution in [0, 0.1) is 6.92 Å². The fraction of sp³-hybridized carbons (Fsp3) is 0.375. The van der Waals surface area contributed by atoms with Gasteiger partial charge in [0.2, 0.25) is 17.7 Å². The zero-order valence-corrected chi connectivity index (χ0v) is 7.70. The van der Waals surface area contributed by atoms with E-state index in [2.05, 4.69) is 4.98 Å². The van der Waals surface area contributed by atoms with Gasteiger partial charge in [-0.05, 0) is 6.92 Å². The minimum absolute atomic E-state index is 0.194. The second-order valence-corrected chi connectivity index (χ2v) is 2.62. The first-order chi connectivity index (χ1) is 6.04. The first kappa shape index (κ1) is 9.44. The van der Waals surface area contributed by atoms with E-state index in [9.17, 15) is 9.59 Å². The van der Waals surface area contributed by atoms with Gasteiger partial charge in [-0.2, -0.15) is 0 Å². The first-order valence-electron chi connectivity index (χ1n) is 3.75. The molecule has 1 rings (SSSR count). The summed E-state index contributed by atoms with van der Waals surface area (Å²) in [5, 5.41) is 0. The molecule has 0 radical (unpaired) electrons. The van der Waals surface area contributed by atoms with E-state index >= 15 is 0 Å². The smallest absolute Gasteiger partial charge is 0.233 e. The Labute approximate surface area is 75.4 Å². The van der Waals surface area contributed by atoms with Crippen LogP contribution >= 0.6 is 0 Å². The van der Waals surface area contributed by atoms with Crippen LogP contribution in [0.25, 0.3) is 0 Å². The van der Waals surface area contributed by atoms with Gasteiger partial charge in [-0.15, -0.1) is 0 Å². The van der Waals surface area contributed by atoms with Gasteiger partial charge in [-0.25, -0.2) is 9.88 Å². The number of amides is 2. The predicted octanol–water partition coefficient (Wildman–Crippen LogP) is 0.882. The molecule has 5 nitrogen and oxygen atoms in total. The van der Waals surface area contributed by atoms with Crippen molar-refractivity contribution in [1.82, 2.24) is 4.98 Å². The molecule has 0 aliphatic heterocycles. The van der Waals surface area contributed by atoms with Crippen molar-refractivity contribution in [3.05, 3.63) is 12.1 Å². The summed E-state index contributed by atoms with van der Waals surface area (Å²) in [5.41, 5.74) is 0.519. The van der Waals surface area contributed by atoms with Gasteiger partial charge in [0.25, 0.3) is 0 Å². The molecule has 0 unspecified atom stereocenters. The normalized spacial score (nSPS) is 9.77. The Morgan fingerprint density at radius 3 is 2.23 bits per heavy atom. The Bertz CT molecular complexity index is 329. The number of hydrogen-bond donors (Lipinski definition) is 0. The van der Waals surface area contributed by atoms with Crippen LogP contribution in [0.2, 0.25) is 0 Å². The zero-order chi connectivity index (χ0) is 10.0. The topological polar surface area (TPSA) is 63.4 Å². The maximum absolute atomic E-state index is 11.1. The van der Waals surface area contributed by atoms with Crippen LogP contribution in [0.1, 0.15) is 19.5 Å². The molecule has 0 aromatic carbocycles. The summed E-state index contributed by atoms with van der Waals surface area (Å²) in [5.74, 6) is -0.570. The zero-order valence-electron chi connectivity index (χ0n) is 7.70. The van der Waals surface area contributed by atoms with Crippen LogP contribution < -0.4 is 4.90 Å². The maximum atomic E-state index is 11.1. The number of aromatic nitrogens is 1. The highest BCUT2D eigenvalue weighted by Gasteiger charge is 2.21. The summed E-state index contributed by atoms with van der Waals surface area (Å²) in [4.78, 5) is 26.8. The van der Waals surface area contributed by atoms with Gasteiger partial charge in [-0.1, -0.05) is 0 Å². The lowest BCUT2D eigenvalue weighted by Crippen LogP contribution is -2.33. The van der Waals surface area contributed by atoms with Gasteiger partial charge in [0.05, 0.1) is 0 Å². The van der Waals surface area contributed by atoms with E-state index in [4.69, 9.17) is 4.42 Å². The Morgan fingerprint density at radius 2 is 1.92 bits per heavy atom. The van der Waals surface area contributed by atoms with Crippen LogP contribution in [0.4, 0.5) is 5.88 Å². The van der Waals surface area contributed by atoms with Crippen LogP contribution in [-0.2, 0) is 9.59 Å². The molecular formula is C8H10N2O3. The number of imide groups is 1. The molecule has 0 fully saturated rings. The first-order valence-corrected chi connectivity index (χ1v) is 3.75. The van der Waals surface area contributed by atoms with Gasteiger partial charge >= 0.3 is 0 Å². The number of hydrogen-bond acceptors (Lipinski definition) is 4. The molecule has 5 heteroatoms. The largest absolute Gasteiger partial charge is 0.427 e. The molecule has 0 saturated heterocycles. The summed E-state index contributed by atoms with van der Waals surface area (Å²) in [6.07, 6.45) is 1.20. The predicted molar refractivity (Wildman–Crippen MR) is 45.1 cm³/mol. The van der Waals surface area contributed by atoms with E-state index in [1.807, 2.05) is 0 Å². The fourth-order valence-corrected chi connectivity index (χ4v) is 1.02. The lowest BCUT2D eigenvalue weighted by molar-refractivity contribution is -0.124. The van der Waals surface area contributed by atoms with Crippen LogP contribution in [0.15, 0.2) is 10.8 Å². The molecule has 1 aromatic heterocycles. The van der Waals surface area contributed by atoms with Gasteiger partial charge in [0.1, 0.15) is 5.69 Å². The van der Waals surface area contributed by atoms with Gasteiger partial charge in [-0.3, -0.25) is 9.59 Å². The average molecular weight is 182 g/mol. The number of anilines is 1. The summed E-state index contributed by atoms with van der Waals surface area (Å²) in [6.45, 7) is 4.25. The summed E-state index contributed by atoms with van der Waals surface area (Å²) in [6, 6.07) is 0. The molecule has 0 aliphatic rings. The number of nitrogens with zero attached hydrogens (tertiary/aromatic N) is 2. The molecular weight excluding hydrogens is 172 g/mol. The van der Waals surface area contributed by atoms with Gasteiger partial charge in [0.15, 0.2) is 6.39 Å². The van der Waals surface area contributed by atoms with Crippen molar-refractivity contribution in [1.29, 1.82) is 0 Å². The molecule has 70 valence electrons. The summed E-state index contributed by atoms with van der Waals surface area (Å²) >= 11 is 0. The SMILES string of the molecule is CC(=O)N(C(C)=O)c1ocnc1C. The maximum Gasteiger partial charge on any atom is 0.233 e. The molecule has 0 saturated carbocycles. The van der Waals surface area contributed by atoms with E-state index in [0.717, 1.165) is 4.90 Å². The minimum Gasteiger partial charge on any atom is -0.427 e. The van der Waals surface area contributed by atoms with Crippen molar-refractivity contribution in [2.75, 3.05) is 4.90 Å². The molecule has 0 spiro atoms. The fourth-order valence-electron chi connectivity index (χ4n) is 1.02. The lowest BCUT2D eigenvalue weighted by atomic mass is 10.4. The molecule has 0 atom stereocenters. The number of aryl methyl sites for hydroxylation is 1. The van der Waals surface area contributed by atoms with Crippen molar-refractivity contribution >= 4 is 17.7 Å². The highest BCUT2D eigenvalue weighted by molar-refractivity contribution is 6.12. The van der Waals surface area contributed by atoms with E-state index in [1.165, 1.54) is 20.2 Å². The quantitative estimate of drug-likeness (QED) is 0.646. The lowest BCUT2D eigenvalue weighted by Gasteiger charge is -2.13. The number of rotatable bonds is 1. The molecule has 1 aromatic rings. The van der Waals surface area contributed by atoms with Crippen molar-refractivity contribution in [3.8, 4) is 0 Å². The van der Waals surface area contributed by atoms with Crippen LogP contribution in [0.3, 0.4) is 0 Å². The molecule has 13 heavy (non-hydrogen) atoms. The van der Waals surface area contributed by atoms with Crippen molar-refractivity contribution < 1.29 is 14.0 Å². The second-order valence-electron chi connectivity index (χ2n) is 2.62. The van der Waals surface area contributed by atoms with Gasteiger partial charge < -0.3 is 4.42 Å². The van der Waals surface area contributed by atoms with E-state index < -0.39 is 0 Å². The van der Waals surface area contributed by atoms with Gasteiger partial charge in [0, 0.05) is 13.8 Å². The number of carbonyl (C=O) groups excluding carboxylic acids is 2. The molecule has 0 N–H and O–H groups in total. The Morgan fingerprint density at radius 1 is 1.38 bits per heavy atom. The third kappa shape index (κ3) is 1.74. The van der Waals surface area contributed by atoms with E-state index in [0.29, 0.717) is 5.69 Å². The van der Waals surface area contributed by atoms with E-state index in [1.54, 1.807) is 6.92 Å². The Balaban J connectivity index is 3.09. The van der Waals surface area contributed by atoms with E-state index in [-0.39, 0.29) is 17.7 Å². The van der Waals surface area contributed by atoms with Crippen molar-refractivity contribution in [3.63, 3.8) is 0 Å². The minimum atomic E-state index is -0.382. The second kappa shape index (κ2) is 3.38. The third-order valence-corrected chi connectivity index (χ3v) is 1.55. The van der Waals surface area contributed by atoms with Crippen molar-refractivity contribution in [2.24, 2.45) is 0 Å². The monoisotopic (exact) mass is 182 g/mol.